The first-order chi connectivity index (χ1) is 10.1. The molecule has 1 aromatic rings. The van der Waals surface area contributed by atoms with Crippen LogP contribution in [0.3, 0.4) is 0 Å². The molecule has 1 unspecified atom stereocenters. The molecule has 1 aliphatic carbocycles. The Morgan fingerprint density at radius 2 is 1.81 bits per heavy atom. The van der Waals surface area contributed by atoms with Crippen LogP contribution in [0, 0.1) is 17.3 Å². The third-order valence-corrected chi connectivity index (χ3v) is 5.63. The molecule has 1 fully saturated rings. The van der Waals surface area contributed by atoms with Gasteiger partial charge in [0, 0.05) is 12.0 Å². The number of hydrogen-bond acceptors (Lipinski definition) is 2. The number of aryl methyl sites for hydroxylation is 1. The number of rotatable bonds is 6. The van der Waals surface area contributed by atoms with Gasteiger partial charge in [0.25, 0.3) is 0 Å². The van der Waals surface area contributed by atoms with E-state index < -0.39 is 0 Å². The minimum atomic E-state index is -0.268. The molecule has 0 aliphatic heterocycles. The standard InChI is InChI=1S/C19H31NO/c1-15(2)17-10-12-19(14-20,13-11-17)18(21)9-8-16-6-4-3-5-7-16/h3-7,15,17-18,21H,8-14,20H2,1-2H3. The average Bonchev–Trinajstić information content (AvgIpc) is 2.53. The minimum absolute atomic E-state index is 0.0415. The number of hydrogen-bond donors (Lipinski definition) is 2. The topological polar surface area (TPSA) is 46.2 Å². The minimum Gasteiger partial charge on any atom is -0.392 e. The van der Waals surface area contributed by atoms with Gasteiger partial charge < -0.3 is 10.8 Å². The Morgan fingerprint density at radius 1 is 1.19 bits per heavy atom. The van der Waals surface area contributed by atoms with Crippen LogP contribution in [0.25, 0.3) is 0 Å². The molecule has 0 saturated heterocycles. The molecule has 118 valence electrons. The first-order valence-corrected chi connectivity index (χ1v) is 8.49. The van der Waals surface area contributed by atoms with E-state index in [0.29, 0.717) is 6.54 Å². The van der Waals surface area contributed by atoms with Gasteiger partial charge in [0.05, 0.1) is 6.10 Å². The molecule has 0 heterocycles. The van der Waals surface area contributed by atoms with Crippen molar-refractivity contribution in [2.45, 2.75) is 58.5 Å². The van der Waals surface area contributed by atoms with E-state index in [1.165, 1.54) is 18.4 Å². The molecule has 2 heteroatoms. The van der Waals surface area contributed by atoms with Crippen LogP contribution in [0.1, 0.15) is 51.5 Å². The largest absolute Gasteiger partial charge is 0.392 e. The molecule has 0 aromatic heterocycles. The van der Waals surface area contributed by atoms with Gasteiger partial charge in [-0.15, -0.1) is 0 Å². The zero-order valence-electron chi connectivity index (χ0n) is 13.6. The van der Waals surface area contributed by atoms with Crippen LogP contribution in [0.4, 0.5) is 0 Å². The van der Waals surface area contributed by atoms with Crippen LogP contribution in [0.2, 0.25) is 0 Å². The van der Waals surface area contributed by atoms with Crippen molar-refractivity contribution >= 4 is 0 Å². The van der Waals surface area contributed by atoms with E-state index in [2.05, 4.69) is 38.1 Å². The summed E-state index contributed by atoms with van der Waals surface area (Å²) in [6.45, 7) is 5.24. The van der Waals surface area contributed by atoms with Crippen molar-refractivity contribution in [3.8, 4) is 0 Å². The maximum Gasteiger partial charge on any atom is 0.0611 e. The molecule has 1 aliphatic rings. The van der Waals surface area contributed by atoms with Crippen LogP contribution >= 0.6 is 0 Å². The van der Waals surface area contributed by atoms with E-state index in [-0.39, 0.29) is 11.5 Å². The number of benzene rings is 1. The van der Waals surface area contributed by atoms with Crippen molar-refractivity contribution in [3.05, 3.63) is 35.9 Å². The Balaban J connectivity index is 1.91. The van der Waals surface area contributed by atoms with Crippen LogP contribution in [-0.2, 0) is 6.42 Å². The van der Waals surface area contributed by atoms with Crippen molar-refractivity contribution in [3.63, 3.8) is 0 Å². The van der Waals surface area contributed by atoms with E-state index in [1.807, 2.05) is 6.07 Å². The molecule has 0 radical (unpaired) electrons. The fourth-order valence-electron chi connectivity index (χ4n) is 3.81. The van der Waals surface area contributed by atoms with Crippen molar-refractivity contribution < 1.29 is 5.11 Å². The third-order valence-electron chi connectivity index (χ3n) is 5.63. The molecule has 1 saturated carbocycles. The summed E-state index contributed by atoms with van der Waals surface area (Å²) in [6.07, 6.45) is 6.11. The van der Waals surface area contributed by atoms with Gasteiger partial charge in [-0.1, -0.05) is 44.2 Å². The molecule has 21 heavy (non-hydrogen) atoms. The summed E-state index contributed by atoms with van der Waals surface area (Å²) in [4.78, 5) is 0. The predicted molar refractivity (Wildman–Crippen MR) is 89.1 cm³/mol. The molecule has 2 rings (SSSR count). The number of aliphatic hydroxyl groups is 1. The normalized spacial score (nSPS) is 27.8. The molecular formula is C19H31NO. The first kappa shape index (κ1) is 16.5. The molecule has 3 N–H and O–H groups in total. The highest BCUT2D eigenvalue weighted by Gasteiger charge is 2.40. The fourth-order valence-corrected chi connectivity index (χ4v) is 3.81. The first-order valence-electron chi connectivity index (χ1n) is 8.49. The van der Waals surface area contributed by atoms with E-state index in [9.17, 15) is 5.11 Å². The number of aliphatic hydroxyl groups excluding tert-OH is 1. The quantitative estimate of drug-likeness (QED) is 0.837. The van der Waals surface area contributed by atoms with Gasteiger partial charge in [0.15, 0.2) is 0 Å². The third kappa shape index (κ3) is 4.08. The van der Waals surface area contributed by atoms with Gasteiger partial charge in [0.2, 0.25) is 0 Å². The van der Waals surface area contributed by atoms with Gasteiger partial charge in [-0.05, 0) is 55.9 Å². The summed E-state index contributed by atoms with van der Waals surface area (Å²) >= 11 is 0. The van der Waals surface area contributed by atoms with Crippen LogP contribution in [0.15, 0.2) is 30.3 Å². The zero-order chi connectivity index (χ0) is 15.3. The Bertz CT molecular complexity index is 407. The lowest BCUT2D eigenvalue weighted by Crippen LogP contribution is -2.45. The SMILES string of the molecule is CC(C)C1CCC(CN)(C(O)CCc2ccccc2)CC1. The molecule has 0 bridgehead atoms. The van der Waals surface area contributed by atoms with Crippen LogP contribution in [0.5, 0.6) is 0 Å². The summed E-state index contributed by atoms with van der Waals surface area (Å²) in [6, 6.07) is 10.4. The smallest absolute Gasteiger partial charge is 0.0611 e. The highest BCUT2D eigenvalue weighted by Crippen LogP contribution is 2.44. The van der Waals surface area contributed by atoms with E-state index >= 15 is 0 Å². The molecule has 1 atom stereocenters. The Kier molecular flexibility index (Phi) is 5.83. The summed E-state index contributed by atoms with van der Waals surface area (Å²) in [5.74, 6) is 1.56. The predicted octanol–water partition coefficient (Wildman–Crippen LogP) is 3.77. The molecule has 0 amide bonds. The summed E-state index contributed by atoms with van der Waals surface area (Å²) in [7, 11) is 0. The second-order valence-electron chi connectivity index (χ2n) is 7.19. The van der Waals surface area contributed by atoms with Gasteiger partial charge in [-0.25, -0.2) is 0 Å². The maximum absolute atomic E-state index is 10.7. The molecule has 0 spiro atoms. The summed E-state index contributed by atoms with van der Waals surface area (Å²) in [5.41, 5.74) is 7.33. The average molecular weight is 289 g/mol. The van der Waals surface area contributed by atoms with Crippen molar-refractivity contribution in [2.75, 3.05) is 6.54 Å². The second-order valence-corrected chi connectivity index (χ2v) is 7.19. The van der Waals surface area contributed by atoms with Crippen molar-refractivity contribution in [1.82, 2.24) is 0 Å². The second kappa shape index (κ2) is 7.42. The van der Waals surface area contributed by atoms with E-state index in [0.717, 1.165) is 37.5 Å². The maximum atomic E-state index is 10.7. The zero-order valence-corrected chi connectivity index (χ0v) is 13.6. The molecular weight excluding hydrogens is 258 g/mol. The van der Waals surface area contributed by atoms with Gasteiger partial charge in [-0.2, -0.15) is 0 Å². The lowest BCUT2D eigenvalue weighted by atomic mass is 9.64. The van der Waals surface area contributed by atoms with Crippen molar-refractivity contribution in [2.24, 2.45) is 23.0 Å². The molecule has 1 aromatic carbocycles. The highest BCUT2D eigenvalue weighted by molar-refractivity contribution is 5.15. The number of nitrogens with two attached hydrogens (primary N) is 1. The molecule has 2 nitrogen and oxygen atoms in total. The lowest BCUT2D eigenvalue weighted by Gasteiger charge is -2.44. The van der Waals surface area contributed by atoms with Crippen LogP contribution in [-0.4, -0.2) is 17.8 Å². The monoisotopic (exact) mass is 289 g/mol. The summed E-state index contributed by atoms with van der Waals surface area (Å²) in [5, 5.41) is 10.7. The summed E-state index contributed by atoms with van der Waals surface area (Å²) < 4.78 is 0. The van der Waals surface area contributed by atoms with E-state index in [1.54, 1.807) is 0 Å². The van der Waals surface area contributed by atoms with Crippen LogP contribution < -0.4 is 5.73 Å². The van der Waals surface area contributed by atoms with Gasteiger partial charge in [-0.3, -0.25) is 0 Å². The lowest BCUT2D eigenvalue weighted by molar-refractivity contribution is -0.0173. The van der Waals surface area contributed by atoms with E-state index in [4.69, 9.17) is 5.73 Å². The Hall–Kier alpha value is -0.860. The Labute approximate surface area is 129 Å². The van der Waals surface area contributed by atoms with Gasteiger partial charge >= 0.3 is 0 Å². The highest BCUT2D eigenvalue weighted by atomic mass is 16.3. The Morgan fingerprint density at radius 3 is 2.33 bits per heavy atom. The fraction of sp³-hybridized carbons (Fsp3) is 0.684. The van der Waals surface area contributed by atoms with Crippen molar-refractivity contribution in [1.29, 1.82) is 0 Å². The van der Waals surface area contributed by atoms with Gasteiger partial charge in [0.1, 0.15) is 0 Å².